The first kappa shape index (κ1) is 15.4. The van der Waals surface area contributed by atoms with E-state index in [1.54, 1.807) is 6.20 Å². The number of ether oxygens (including phenoxy) is 1. The van der Waals surface area contributed by atoms with Gasteiger partial charge in [0.1, 0.15) is 12.4 Å². The molecule has 2 aromatic rings. The minimum atomic E-state index is 0.0923. The summed E-state index contributed by atoms with van der Waals surface area (Å²) < 4.78 is 5.72. The van der Waals surface area contributed by atoms with Gasteiger partial charge in [0.15, 0.2) is 0 Å². The SMILES string of the molecule is Cc1cncc(COc2ccc(CNC(C)(C)C)nc2)c1. The highest BCUT2D eigenvalue weighted by atomic mass is 16.5. The molecular weight excluding hydrogens is 262 g/mol. The maximum atomic E-state index is 5.72. The summed E-state index contributed by atoms with van der Waals surface area (Å²) in [6, 6.07) is 6.01. The van der Waals surface area contributed by atoms with Crippen LogP contribution in [0.25, 0.3) is 0 Å². The summed E-state index contributed by atoms with van der Waals surface area (Å²) in [5.74, 6) is 0.774. The Kier molecular flexibility index (Phi) is 4.91. The summed E-state index contributed by atoms with van der Waals surface area (Å²) in [5, 5.41) is 3.41. The Morgan fingerprint density at radius 3 is 2.57 bits per heavy atom. The van der Waals surface area contributed by atoms with Gasteiger partial charge in [-0.25, -0.2) is 0 Å². The third kappa shape index (κ3) is 5.52. The van der Waals surface area contributed by atoms with E-state index in [0.717, 1.165) is 29.1 Å². The van der Waals surface area contributed by atoms with Crippen LogP contribution in [0.4, 0.5) is 0 Å². The van der Waals surface area contributed by atoms with Gasteiger partial charge in [-0.2, -0.15) is 0 Å². The number of nitrogens with zero attached hydrogens (tertiary/aromatic N) is 2. The first-order chi connectivity index (χ1) is 9.92. The number of rotatable bonds is 5. The first-order valence-corrected chi connectivity index (χ1v) is 7.16. The number of pyridine rings is 2. The molecule has 2 aromatic heterocycles. The Morgan fingerprint density at radius 2 is 1.95 bits per heavy atom. The number of hydrogen-bond acceptors (Lipinski definition) is 4. The second-order valence-electron chi connectivity index (χ2n) is 6.25. The van der Waals surface area contributed by atoms with Crippen molar-refractivity contribution < 1.29 is 4.74 Å². The second-order valence-corrected chi connectivity index (χ2v) is 6.25. The lowest BCUT2D eigenvalue weighted by Gasteiger charge is -2.20. The molecule has 0 aromatic carbocycles. The van der Waals surface area contributed by atoms with Crippen LogP contribution in [0.2, 0.25) is 0 Å². The van der Waals surface area contributed by atoms with Crippen molar-refractivity contribution in [3.63, 3.8) is 0 Å². The molecule has 0 aliphatic carbocycles. The van der Waals surface area contributed by atoms with Crippen molar-refractivity contribution in [2.75, 3.05) is 0 Å². The molecule has 0 spiro atoms. The van der Waals surface area contributed by atoms with E-state index in [0.29, 0.717) is 6.61 Å². The topological polar surface area (TPSA) is 47.0 Å². The Bertz CT molecular complexity index is 573. The second kappa shape index (κ2) is 6.68. The Morgan fingerprint density at radius 1 is 1.14 bits per heavy atom. The largest absolute Gasteiger partial charge is 0.487 e. The van der Waals surface area contributed by atoms with Crippen molar-refractivity contribution in [3.8, 4) is 5.75 Å². The molecule has 4 heteroatoms. The molecule has 2 rings (SSSR count). The van der Waals surface area contributed by atoms with Gasteiger partial charge in [0.05, 0.1) is 11.9 Å². The van der Waals surface area contributed by atoms with Crippen molar-refractivity contribution in [1.82, 2.24) is 15.3 Å². The fourth-order valence-corrected chi connectivity index (χ4v) is 1.82. The van der Waals surface area contributed by atoms with Gasteiger partial charge in [-0.05, 0) is 51.5 Å². The van der Waals surface area contributed by atoms with Crippen molar-refractivity contribution in [2.24, 2.45) is 0 Å². The molecule has 21 heavy (non-hydrogen) atoms. The molecule has 0 saturated carbocycles. The average molecular weight is 285 g/mol. The monoisotopic (exact) mass is 285 g/mol. The minimum absolute atomic E-state index is 0.0923. The smallest absolute Gasteiger partial charge is 0.138 e. The number of hydrogen-bond donors (Lipinski definition) is 1. The van der Waals surface area contributed by atoms with E-state index in [4.69, 9.17) is 4.74 Å². The van der Waals surface area contributed by atoms with E-state index in [1.807, 2.05) is 31.5 Å². The van der Waals surface area contributed by atoms with Crippen LogP contribution in [0.1, 0.15) is 37.6 Å². The fourth-order valence-electron chi connectivity index (χ4n) is 1.82. The average Bonchev–Trinajstić information content (AvgIpc) is 2.43. The predicted octanol–water partition coefficient (Wildman–Crippen LogP) is 3.25. The van der Waals surface area contributed by atoms with E-state index in [2.05, 4.69) is 42.1 Å². The van der Waals surface area contributed by atoms with Crippen molar-refractivity contribution in [3.05, 3.63) is 53.6 Å². The Labute approximate surface area is 126 Å². The predicted molar refractivity (Wildman–Crippen MR) is 84.1 cm³/mol. The van der Waals surface area contributed by atoms with Gasteiger partial charge in [0.2, 0.25) is 0 Å². The molecule has 0 aliphatic heterocycles. The van der Waals surface area contributed by atoms with Gasteiger partial charge in [0, 0.05) is 30.0 Å². The molecule has 0 amide bonds. The molecule has 0 atom stereocenters. The standard InChI is InChI=1S/C17H23N3O/c1-13-7-14(9-18-8-13)12-21-16-6-5-15(19-11-16)10-20-17(2,3)4/h5-9,11,20H,10,12H2,1-4H3. The molecule has 0 fully saturated rings. The quantitative estimate of drug-likeness (QED) is 0.916. The first-order valence-electron chi connectivity index (χ1n) is 7.16. The molecule has 112 valence electrons. The molecular formula is C17H23N3O. The van der Waals surface area contributed by atoms with Crippen LogP contribution in [0.3, 0.4) is 0 Å². The number of aryl methyl sites for hydroxylation is 1. The van der Waals surface area contributed by atoms with Crippen LogP contribution in [-0.4, -0.2) is 15.5 Å². The maximum absolute atomic E-state index is 5.72. The third-order valence-corrected chi connectivity index (χ3v) is 2.93. The van der Waals surface area contributed by atoms with Crippen LogP contribution >= 0.6 is 0 Å². The summed E-state index contributed by atoms with van der Waals surface area (Å²) in [7, 11) is 0. The fraction of sp³-hybridized carbons (Fsp3) is 0.412. The van der Waals surface area contributed by atoms with Gasteiger partial charge in [0.25, 0.3) is 0 Å². The molecule has 0 bridgehead atoms. The van der Waals surface area contributed by atoms with Gasteiger partial charge >= 0.3 is 0 Å². The summed E-state index contributed by atoms with van der Waals surface area (Å²) in [4.78, 5) is 8.56. The van der Waals surface area contributed by atoms with E-state index >= 15 is 0 Å². The molecule has 0 aliphatic rings. The normalized spacial score (nSPS) is 11.4. The van der Waals surface area contributed by atoms with E-state index < -0.39 is 0 Å². The summed E-state index contributed by atoms with van der Waals surface area (Å²) in [6.07, 6.45) is 5.42. The van der Waals surface area contributed by atoms with E-state index in [1.165, 1.54) is 0 Å². The van der Waals surface area contributed by atoms with Gasteiger partial charge in [-0.15, -0.1) is 0 Å². The Hall–Kier alpha value is -1.94. The van der Waals surface area contributed by atoms with Crippen molar-refractivity contribution >= 4 is 0 Å². The number of aromatic nitrogens is 2. The third-order valence-electron chi connectivity index (χ3n) is 2.93. The number of nitrogens with one attached hydrogen (secondary N) is 1. The van der Waals surface area contributed by atoms with Gasteiger partial charge < -0.3 is 10.1 Å². The van der Waals surface area contributed by atoms with E-state index in [-0.39, 0.29) is 5.54 Å². The lowest BCUT2D eigenvalue weighted by atomic mass is 10.1. The molecule has 1 N–H and O–H groups in total. The highest BCUT2D eigenvalue weighted by Gasteiger charge is 2.08. The van der Waals surface area contributed by atoms with E-state index in [9.17, 15) is 0 Å². The molecule has 4 nitrogen and oxygen atoms in total. The zero-order chi connectivity index (χ0) is 15.3. The van der Waals surface area contributed by atoms with Gasteiger partial charge in [-0.3, -0.25) is 9.97 Å². The van der Waals surface area contributed by atoms with Gasteiger partial charge in [-0.1, -0.05) is 0 Å². The summed E-state index contributed by atoms with van der Waals surface area (Å²) in [5.41, 5.74) is 3.30. The van der Waals surface area contributed by atoms with Crippen LogP contribution in [0.15, 0.2) is 36.8 Å². The van der Waals surface area contributed by atoms with Crippen LogP contribution in [0, 0.1) is 6.92 Å². The van der Waals surface area contributed by atoms with Crippen LogP contribution in [0.5, 0.6) is 5.75 Å². The zero-order valence-electron chi connectivity index (χ0n) is 13.2. The summed E-state index contributed by atoms with van der Waals surface area (Å²) >= 11 is 0. The highest BCUT2D eigenvalue weighted by Crippen LogP contribution is 2.12. The van der Waals surface area contributed by atoms with Crippen LogP contribution < -0.4 is 10.1 Å². The molecule has 0 radical (unpaired) electrons. The lowest BCUT2D eigenvalue weighted by molar-refractivity contribution is 0.304. The molecule has 0 unspecified atom stereocenters. The highest BCUT2D eigenvalue weighted by molar-refractivity contribution is 5.21. The molecule has 0 saturated heterocycles. The van der Waals surface area contributed by atoms with Crippen LogP contribution in [-0.2, 0) is 13.2 Å². The maximum Gasteiger partial charge on any atom is 0.138 e. The summed E-state index contributed by atoms with van der Waals surface area (Å²) in [6.45, 7) is 9.71. The molecule has 2 heterocycles. The lowest BCUT2D eigenvalue weighted by Crippen LogP contribution is -2.35. The van der Waals surface area contributed by atoms with Crippen molar-refractivity contribution in [2.45, 2.75) is 46.4 Å². The minimum Gasteiger partial charge on any atom is -0.487 e. The Balaban J connectivity index is 1.87. The van der Waals surface area contributed by atoms with Crippen molar-refractivity contribution in [1.29, 1.82) is 0 Å². The zero-order valence-corrected chi connectivity index (χ0v) is 13.2.